The number of carbonyl (C=O) groups excluding carboxylic acids is 1. The molecule has 0 spiro atoms. The number of carbonyl (C=O) groups is 1. The standard InChI is InChI=1S/C13H19N3O3/c1-3-18-13(17)10-6-9(14)7-15-12(10)16-11-4-5-19-8(11)2/h6-8,11H,3-5,14H2,1-2H3,(H,15,16). The average Bonchev–Trinajstić information content (AvgIpc) is 2.77. The van der Waals surface area contributed by atoms with Gasteiger partial charge in [-0.05, 0) is 26.3 Å². The monoisotopic (exact) mass is 265 g/mol. The van der Waals surface area contributed by atoms with Gasteiger partial charge in [-0.25, -0.2) is 9.78 Å². The summed E-state index contributed by atoms with van der Waals surface area (Å²) in [5.41, 5.74) is 6.47. The molecule has 0 radical (unpaired) electrons. The van der Waals surface area contributed by atoms with Gasteiger partial charge in [0.25, 0.3) is 0 Å². The smallest absolute Gasteiger partial charge is 0.341 e. The van der Waals surface area contributed by atoms with E-state index in [0.717, 1.165) is 6.42 Å². The van der Waals surface area contributed by atoms with Crippen molar-refractivity contribution < 1.29 is 14.3 Å². The number of nitrogens with two attached hydrogens (primary N) is 1. The van der Waals surface area contributed by atoms with Crippen LogP contribution in [0.25, 0.3) is 0 Å². The lowest BCUT2D eigenvalue weighted by Gasteiger charge is -2.18. The Morgan fingerprint density at radius 2 is 2.47 bits per heavy atom. The summed E-state index contributed by atoms with van der Waals surface area (Å²) in [7, 11) is 0. The van der Waals surface area contributed by atoms with Crippen LogP contribution in [0.4, 0.5) is 11.5 Å². The van der Waals surface area contributed by atoms with Crippen molar-refractivity contribution >= 4 is 17.5 Å². The van der Waals surface area contributed by atoms with Crippen LogP contribution in [-0.2, 0) is 9.47 Å². The van der Waals surface area contributed by atoms with Crippen LogP contribution in [0.3, 0.4) is 0 Å². The first kappa shape index (κ1) is 13.6. The normalized spacial score (nSPS) is 22.2. The minimum atomic E-state index is -0.420. The second kappa shape index (κ2) is 5.88. The van der Waals surface area contributed by atoms with Crippen molar-refractivity contribution in [3.05, 3.63) is 17.8 Å². The molecular formula is C13H19N3O3. The fourth-order valence-corrected chi connectivity index (χ4v) is 2.06. The number of anilines is 2. The molecule has 0 aliphatic carbocycles. The van der Waals surface area contributed by atoms with Gasteiger partial charge in [-0.1, -0.05) is 0 Å². The summed E-state index contributed by atoms with van der Waals surface area (Å²) in [6.45, 7) is 4.78. The largest absolute Gasteiger partial charge is 0.462 e. The van der Waals surface area contributed by atoms with E-state index in [1.165, 1.54) is 6.20 Å². The number of nitrogens with one attached hydrogen (secondary N) is 1. The first-order chi connectivity index (χ1) is 9.11. The molecule has 19 heavy (non-hydrogen) atoms. The first-order valence-electron chi connectivity index (χ1n) is 6.42. The zero-order valence-electron chi connectivity index (χ0n) is 11.2. The molecule has 2 heterocycles. The minimum Gasteiger partial charge on any atom is -0.462 e. The molecule has 2 unspecified atom stereocenters. The van der Waals surface area contributed by atoms with Gasteiger partial charge in [-0.2, -0.15) is 0 Å². The lowest BCUT2D eigenvalue weighted by Crippen LogP contribution is -2.28. The highest BCUT2D eigenvalue weighted by Gasteiger charge is 2.26. The number of hydrogen-bond donors (Lipinski definition) is 2. The Labute approximate surface area is 112 Å². The Balaban J connectivity index is 2.21. The molecule has 6 nitrogen and oxygen atoms in total. The molecule has 0 amide bonds. The van der Waals surface area contributed by atoms with Crippen LogP contribution in [0.2, 0.25) is 0 Å². The summed E-state index contributed by atoms with van der Waals surface area (Å²) in [5, 5.41) is 3.23. The third kappa shape index (κ3) is 3.14. The van der Waals surface area contributed by atoms with E-state index in [1.807, 2.05) is 6.92 Å². The maximum absolute atomic E-state index is 11.9. The van der Waals surface area contributed by atoms with Crippen molar-refractivity contribution in [3.8, 4) is 0 Å². The second-order valence-corrected chi connectivity index (χ2v) is 4.50. The predicted molar refractivity (Wildman–Crippen MR) is 72.0 cm³/mol. The highest BCUT2D eigenvalue weighted by Crippen LogP contribution is 2.22. The van der Waals surface area contributed by atoms with E-state index in [4.69, 9.17) is 15.2 Å². The predicted octanol–water partition coefficient (Wildman–Crippen LogP) is 1.43. The topological polar surface area (TPSA) is 86.5 Å². The van der Waals surface area contributed by atoms with Gasteiger partial charge in [0.2, 0.25) is 0 Å². The number of pyridine rings is 1. The van der Waals surface area contributed by atoms with Gasteiger partial charge in [0.1, 0.15) is 11.4 Å². The SMILES string of the molecule is CCOC(=O)c1cc(N)cnc1NC1CCOC1C. The Morgan fingerprint density at radius 1 is 1.68 bits per heavy atom. The summed E-state index contributed by atoms with van der Waals surface area (Å²) in [4.78, 5) is 16.1. The van der Waals surface area contributed by atoms with Crippen molar-refractivity contribution in [1.29, 1.82) is 0 Å². The fourth-order valence-electron chi connectivity index (χ4n) is 2.06. The summed E-state index contributed by atoms with van der Waals surface area (Å²) < 4.78 is 10.5. The van der Waals surface area contributed by atoms with E-state index in [0.29, 0.717) is 30.3 Å². The summed E-state index contributed by atoms with van der Waals surface area (Å²) in [6, 6.07) is 1.72. The van der Waals surface area contributed by atoms with Gasteiger partial charge in [-0.15, -0.1) is 0 Å². The average molecular weight is 265 g/mol. The summed E-state index contributed by atoms with van der Waals surface area (Å²) >= 11 is 0. The third-order valence-corrected chi connectivity index (χ3v) is 3.10. The second-order valence-electron chi connectivity index (χ2n) is 4.50. The van der Waals surface area contributed by atoms with Crippen LogP contribution in [0.1, 0.15) is 30.6 Å². The lowest BCUT2D eigenvalue weighted by atomic mass is 10.1. The number of aromatic nitrogens is 1. The van der Waals surface area contributed by atoms with Crippen LogP contribution >= 0.6 is 0 Å². The molecule has 1 aliphatic rings. The zero-order valence-corrected chi connectivity index (χ0v) is 11.2. The Morgan fingerprint density at radius 3 is 3.11 bits per heavy atom. The molecule has 3 N–H and O–H groups in total. The molecule has 0 bridgehead atoms. The molecule has 2 rings (SSSR count). The van der Waals surface area contributed by atoms with Gasteiger partial charge >= 0.3 is 5.97 Å². The Bertz CT molecular complexity index is 464. The molecule has 6 heteroatoms. The molecule has 1 fully saturated rings. The summed E-state index contributed by atoms with van der Waals surface area (Å²) in [6.07, 6.45) is 2.50. The molecule has 1 aromatic rings. The highest BCUT2D eigenvalue weighted by molar-refractivity contribution is 5.95. The molecule has 1 saturated heterocycles. The van der Waals surface area contributed by atoms with Gasteiger partial charge in [0, 0.05) is 6.61 Å². The summed E-state index contributed by atoms with van der Waals surface area (Å²) in [5.74, 6) is 0.0753. The highest BCUT2D eigenvalue weighted by atomic mass is 16.5. The van der Waals surface area contributed by atoms with Gasteiger partial charge in [0.05, 0.1) is 30.6 Å². The maximum Gasteiger partial charge on any atom is 0.341 e. The number of nitrogen functional groups attached to an aromatic ring is 1. The number of nitrogens with zero attached hydrogens (tertiary/aromatic N) is 1. The fraction of sp³-hybridized carbons (Fsp3) is 0.538. The Kier molecular flexibility index (Phi) is 4.21. The lowest BCUT2D eigenvalue weighted by molar-refractivity contribution is 0.0527. The van der Waals surface area contributed by atoms with E-state index in [1.54, 1.807) is 13.0 Å². The van der Waals surface area contributed by atoms with E-state index >= 15 is 0 Å². The van der Waals surface area contributed by atoms with Crippen molar-refractivity contribution in [2.75, 3.05) is 24.3 Å². The molecule has 104 valence electrons. The number of ether oxygens (including phenoxy) is 2. The van der Waals surface area contributed by atoms with E-state index in [2.05, 4.69) is 10.3 Å². The number of esters is 1. The van der Waals surface area contributed by atoms with Crippen LogP contribution in [0.15, 0.2) is 12.3 Å². The first-order valence-corrected chi connectivity index (χ1v) is 6.42. The van der Waals surface area contributed by atoms with Crippen LogP contribution in [0, 0.1) is 0 Å². The number of rotatable bonds is 4. The molecule has 1 aromatic heterocycles. The molecule has 0 saturated carbocycles. The van der Waals surface area contributed by atoms with Crippen molar-refractivity contribution in [1.82, 2.24) is 4.98 Å². The Hall–Kier alpha value is -1.82. The van der Waals surface area contributed by atoms with Crippen molar-refractivity contribution in [3.63, 3.8) is 0 Å². The molecule has 2 atom stereocenters. The van der Waals surface area contributed by atoms with Crippen molar-refractivity contribution in [2.24, 2.45) is 0 Å². The van der Waals surface area contributed by atoms with E-state index in [9.17, 15) is 4.79 Å². The zero-order chi connectivity index (χ0) is 13.8. The molecule has 0 aromatic carbocycles. The molecule has 1 aliphatic heterocycles. The third-order valence-electron chi connectivity index (χ3n) is 3.10. The minimum absolute atomic E-state index is 0.0920. The maximum atomic E-state index is 11.9. The van der Waals surface area contributed by atoms with Crippen molar-refractivity contribution in [2.45, 2.75) is 32.4 Å². The van der Waals surface area contributed by atoms with Crippen LogP contribution in [-0.4, -0.2) is 36.3 Å². The van der Waals surface area contributed by atoms with Gasteiger partial charge < -0.3 is 20.5 Å². The van der Waals surface area contributed by atoms with Gasteiger partial charge in [-0.3, -0.25) is 0 Å². The van der Waals surface area contributed by atoms with E-state index < -0.39 is 5.97 Å². The van der Waals surface area contributed by atoms with Crippen LogP contribution < -0.4 is 11.1 Å². The molecular weight excluding hydrogens is 246 g/mol. The quantitative estimate of drug-likeness (QED) is 0.801. The van der Waals surface area contributed by atoms with Gasteiger partial charge in [0.15, 0.2) is 0 Å². The van der Waals surface area contributed by atoms with E-state index in [-0.39, 0.29) is 12.1 Å². The van der Waals surface area contributed by atoms with Crippen LogP contribution in [0.5, 0.6) is 0 Å². The number of hydrogen-bond acceptors (Lipinski definition) is 6.